The normalized spacial score (nSPS) is 36.6. The van der Waals surface area contributed by atoms with Crippen LogP contribution in [0.2, 0.25) is 0 Å². The topological polar surface area (TPSA) is 91.3 Å². The molecule has 1 saturated heterocycles. The van der Waals surface area contributed by atoms with Crippen molar-refractivity contribution in [1.29, 1.82) is 0 Å². The highest BCUT2D eigenvalue weighted by atomic mass is 35.5. The molecule has 2 unspecified atom stereocenters. The van der Waals surface area contributed by atoms with Crippen molar-refractivity contribution in [3.8, 4) is 11.5 Å². The number of rotatable bonds is 4. The van der Waals surface area contributed by atoms with E-state index in [1.54, 1.807) is 20.1 Å². The van der Waals surface area contributed by atoms with Crippen LogP contribution in [0.4, 0.5) is 0 Å². The molecule has 2 fully saturated rings. The van der Waals surface area contributed by atoms with Crippen molar-refractivity contribution in [3.63, 3.8) is 0 Å². The van der Waals surface area contributed by atoms with Crippen molar-refractivity contribution in [2.24, 2.45) is 0 Å². The van der Waals surface area contributed by atoms with Crippen LogP contribution in [0.15, 0.2) is 12.1 Å². The van der Waals surface area contributed by atoms with Crippen LogP contribution in [0.1, 0.15) is 37.3 Å². The second-order valence-corrected chi connectivity index (χ2v) is 8.87. The second kappa shape index (κ2) is 7.71. The SMILES string of the molecule is CO[C@@]12CCC(N[C@@H](C)C(=O)O)C3Oc4c(O)ccc5c4[C@@]31CCN(C)[C@@H]2C5.Cl.Cl. The van der Waals surface area contributed by atoms with E-state index in [2.05, 4.69) is 17.3 Å². The number of likely N-dealkylation sites (tertiary alicyclic amines) is 1. The monoisotopic (exact) mass is 460 g/mol. The Morgan fingerprint density at radius 2 is 2.10 bits per heavy atom. The van der Waals surface area contributed by atoms with Crippen LogP contribution in [0.3, 0.4) is 0 Å². The van der Waals surface area contributed by atoms with Crippen molar-refractivity contribution in [2.75, 3.05) is 20.7 Å². The number of hydrogen-bond acceptors (Lipinski definition) is 6. The minimum atomic E-state index is -0.870. The maximum atomic E-state index is 11.5. The van der Waals surface area contributed by atoms with Crippen molar-refractivity contribution < 1.29 is 24.5 Å². The Kier molecular flexibility index (Phi) is 6.02. The number of carboxylic acid groups (broad SMARTS) is 1. The second-order valence-electron chi connectivity index (χ2n) is 8.87. The van der Waals surface area contributed by atoms with E-state index in [9.17, 15) is 15.0 Å². The summed E-state index contributed by atoms with van der Waals surface area (Å²) in [4.78, 5) is 13.9. The van der Waals surface area contributed by atoms with Crippen molar-refractivity contribution in [1.82, 2.24) is 10.2 Å². The van der Waals surface area contributed by atoms with E-state index in [1.807, 2.05) is 6.07 Å². The number of nitrogens with one attached hydrogen (secondary N) is 1. The first-order valence-corrected chi connectivity index (χ1v) is 10.1. The van der Waals surface area contributed by atoms with E-state index in [4.69, 9.17) is 9.47 Å². The highest BCUT2D eigenvalue weighted by molar-refractivity contribution is 5.85. The average Bonchev–Trinajstić information content (AvgIpc) is 3.03. The first-order chi connectivity index (χ1) is 13.4. The molecule has 2 aliphatic heterocycles. The van der Waals surface area contributed by atoms with Gasteiger partial charge in [0.15, 0.2) is 11.5 Å². The number of ether oxygens (including phenoxy) is 2. The Hall–Kier alpha value is -1.25. The van der Waals surface area contributed by atoms with Crippen LogP contribution < -0.4 is 10.1 Å². The Morgan fingerprint density at radius 3 is 2.77 bits per heavy atom. The number of piperidine rings is 1. The van der Waals surface area contributed by atoms with E-state index in [0.29, 0.717) is 5.75 Å². The van der Waals surface area contributed by atoms with Crippen molar-refractivity contribution in [2.45, 2.75) is 67.9 Å². The zero-order valence-corrected chi connectivity index (χ0v) is 19.0. The van der Waals surface area contributed by atoms with Gasteiger partial charge in [0.05, 0.1) is 11.0 Å². The zero-order chi connectivity index (χ0) is 19.8. The minimum absolute atomic E-state index is 0. The molecule has 1 aromatic rings. The number of aromatic hydroxyl groups is 1. The van der Waals surface area contributed by atoms with E-state index < -0.39 is 17.6 Å². The van der Waals surface area contributed by atoms with Gasteiger partial charge in [-0.15, -0.1) is 24.8 Å². The molecule has 30 heavy (non-hydrogen) atoms. The van der Waals surface area contributed by atoms with Gasteiger partial charge in [0, 0.05) is 24.8 Å². The largest absolute Gasteiger partial charge is 0.504 e. The lowest BCUT2D eigenvalue weighted by molar-refractivity contribution is -0.204. The number of phenols is 1. The Morgan fingerprint density at radius 1 is 1.37 bits per heavy atom. The maximum Gasteiger partial charge on any atom is 0.320 e. The molecule has 0 radical (unpaired) electrons. The molecule has 2 aliphatic carbocycles. The summed E-state index contributed by atoms with van der Waals surface area (Å²) in [7, 11) is 3.96. The molecule has 3 N–H and O–H groups in total. The van der Waals surface area contributed by atoms with Gasteiger partial charge in [0.2, 0.25) is 0 Å². The van der Waals surface area contributed by atoms with Gasteiger partial charge in [-0.05, 0) is 57.8 Å². The van der Waals surface area contributed by atoms with Crippen LogP contribution in [0.25, 0.3) is 0 Å². The number of benzene rings is 1. The van der Waals surface area contributed by atoms with Gasteiger partial charge in [0.25, 0.3) is 0 Å². The van der Waals surface area contributed by atoms with Gasteiger partial charge in [-0.2, -0.15) is 0 Å². The standard InChI is InChI=1S/C21H28N2O5.2ClH/c1-11(19(25)26)22-13-6-7-21(27-3)15-10-12-4-5-14(24)17-16(12)20(21,18(13)28-17)8-9-23(15)2;;/h4-5,11,13,15,18,22,24H,6-10H2,1-3H3,(H,25,26);2*1H/t11-,13?,15+,18?,20-,21+;;/m0../s1. The summed E-state index contributed by atoms with van der Waals surface area (Å²) < 4.78 is 12.8. The summed E-state index contributed by atoms with van der Waals surface area (Å²) in [6.07, 6.45) is 3.07. The Balaban J connectivity index is 0.00000128. The van der Waals surface area contributed by atoms with Crippen molar-refractivity contribution in [3.05, 3.63) is 23.3 Å². The molecule has 6 atom stereocenters. The molecule has 0 amide bonds. The highest BCUT2D eigenvalue weighted by Gasteiger charge is 2.73. The molecule has 7 nitrogen and oxygen atoms in total. The molecule has 1 saturated carbocycles. The summed E-state index contributed by atoms with van der Waals surface area (Å²) >= 11 is 0. The number of aliphatic carboxylic acids is 1. The van der Waals surface area contributed by atoms with Crippen LogP contribution in [-0.4, -0.2) is 71.6 Å². The fourth-order valence-corrected chi connectivity index (χ4v) is 6.70. The Labute approximate surface area is 188 Å². The highest BCUT2D eigenvalue weighted by Crippen LogP contribution is 2.66. The molecule has 2 heterocycles. The minimum Gasteiger partial charge on any atom is -0.504 e. The maximum absolute atomic E-state index is 11.5. The molecule has 2 bridgehead atoms. The van der Waals surface area contributed by atoms with Gasteiger partial charge < -0.3 is 24.6 Å². The molecule has 1 spiro atoms. The van der Waals surface area contributed by atoms with E-state index >= 15 is 0 Å². The quantitative estimate of drug-likeness (QED) is 0.633. The fraction of sp³-hybridized carbons (Fsp3) is 0.667. The fourth-order valence-electron chi connectivity index (χ4n) is 6.70. The summed E-state index contributed by atoms with van der Waals surface area (Å²) in [5.74, 6) is -0.136. The number of carboxylic acids is 1. The van der Waals surface area contributed by atoms with Gasteiger partial charge in [0.1, 0.15) is 12.1 Å². The van der Waals surface area contributed by atoms with Crippen LogP contribution >= 0.6 is 24.8 Å². The summed E-state index contributed by atoms with van der Waals surface area (Å²) in [5, 5.41) is 23.3. The number of phenolic OH excluding ortho intramolecular Hbond substituents is 1. The van der Waals surface area contributed by atoms with Gasteiger partial charge in [-0.1, -0.05) is 6.07 Å². The third-order valence-corrected chi connectivity index (χ3v) is 7.89. The third kappa shape index (κ3) is 2.65. The molecular formula is C21H30Cl2N2O5. The number of carbonyl (C=O) groups is 1. The third-order valence-electron chi connectivity index (χ3n) is 7.89. The Bertz CT molecular complexity index is 855. The summed E-state index contributed by atoms with van der Waals surface area (Å²) in [6.45, 7) is 2.59. The van der Waals surface area contributed by atoms with Gasteiger partial charge >= 0.3 is 5.97 Å². The van der Waals surface area contributed by atoms with Crippen molar-refractivity contribution >= 4 is 30.8 Å². The number of halogens is 2. The average molecular weight is 461 g/mol. The molecule has 0 aromatic heterocycles. The van der Waals surface area contributed by atoms with E-state index in [0.717, 1.165) is 37.8 Å². The van der Waals surface area contributed by atoms with Gasteiger partial charge in [-0.3, -0.25) is 10.1 Å². The first-order valence-electron chi connectivity index (χ1n) is 10.1. The number of methoxy groups -OCH3 is 1. The molecule has 9 heteroatoms. The number of nitrogens with zero attached hydrogens (tertiary/aromatic N) is 1. The summed E-state index contributed by atoms with van der Waals surface area (Å²) in [5.41, 5.74) is 1.53. The number of hydrogen-bond donors (Lipinski definition) is 3. The zero-order valence-electron chi connectivity index (χ0n) is 17.4. The van der Waals surface area contributed by atoms with E-state index in [-0.39, 0.29) is 54.2 Å². The van der Waals surface area contributed by atoms with Gasteiger partial charge in [-0.25, -0.2) is 0 Å². The predicted octanol–water partition coefficient (Wildman–Crippen LogP) is 2.11. The molecular weight excluding hydrogens is 431 g/mol. The predicted molar refractivity (Wildman–Crippen MR) is 116 cm³/mol. The smallest absolute Gasteiger partial charge is 0.320 e. The number of likely N-dealkylation sites (N-methyl/N-ethyl adjacent to an activating group) is 1. The van der Waals surface area contributed by atoms with Crippen LogP contribution in [-0.2, 0) is 21.4 Å². The molecule has 1 aromatic carbocycles. The lowest BCUT2D eigenvalue weighted by Gasteiger charge is -2.65. The first kappa shape index (κ1) is 23.4. The molecule has 5 rings (SSSR count). The molecule has 4 aliphatic rings. The molecule has 168 valence electrons. The van der Waals surface area contributed by atoms with Crippen LogP contribution in [0.5, 0.6) is 11.5 Å². The van der Waals surface area contributed by atoms with Crippen LogP contribution in [0, 0.1) is 0 Å². The lowest BCUT2D eigenvalue weighted by Crippen LogP contribution is -2.78. The van der Waals surface area contributed by atoms with E-state index in [1.165, 1.54) is 5.56 Å². The lowest BCUT2D eigenvalue weighted by atomic mass is 9.48. The summed E-state index contributed by atoms with van der Waals surface area (Å²) in [6, 6.07) is 3.20.